The van der Waals surface area contributed by atoms with Crippen molar-refractivity contribution in [3.05, 3.63) is 64.7 Å². The number of hydrogen-bond donors (Lipinski definition) is 0. The van der Waals surface area contributed by atoms with Gasteiger partial charge in [0.05, 0.1) is 11.1 Å². The van der Waals surface area contributed by atoms with Crippen LogP contribution in [-0.4, -0.2) is 15.0 Å². The van der Waals surface area contributed by atoms with Gasteiger partial charge in [-0.3, -0.25) is 4.79 Å². The minimum absolute atomic E-state index is 0.271. The second-order valence-electron chi connectivity index (χ2n) is 3.80. The molecule has 0 spiro atoms. The molecule has 0 saturated heterocycles. The van der Waals surface area contributed by atoms with Crippen LogP contribution in [-0.2, 0) is 0 Å². The monoisotopic (exact) mass is 241 g/mol. The van der Waals surface area contributed by atoms with Crippen LogP contribution in [0.15, 0.2) is 53.3 Å². The first-order valence-corrected chi connectivity index (χ1v) is 5.36. The number of nitrogens with zero attached hydrogens (tertiary/aromatic N) is 3. The second-order valence-corrected chi connectivity index (χ2v) is 3.80. The largest absolute Gasteiger partial charge is 0.282 e. The molecule has 1 heterocycles. The molecule has 0 bridgehead atoms. The smallest absolute Gasteiger partial charge is 0.267 e. The van der Waals surface area contributed by atoms with Gasteiger partial charge in [0.25, 0.3) is 5.56 Å². The quantitative estimate of drug-likeness (QED) is 0.654. The van der Waals surface area contributed by atoms with Gasteiger partial charge in [-0.1, -0.05) is 17.3 Å². The minimum Gasteiger partial charge on any atom is -0.267 e. The molecule has 0 amide bonds. The molecule has 3 rings (SSSR count). The fraction of sp³-hybridized carbons (Fsp3) is 0. The van der Waals surface area contributed by atoms with Crippen molar-refractivity contribution in [3.8, 4) is 5.69 Å². The predicted molar refractivity (Wildman–Crippen MR) is 65.1 cm³/mol. The zero-order chi connectivity index (χ0) is 12.5. The van der Waals surface area contributed by atoms with Crippen LogP contribution in [0.1, 0.15) is 0 Å². The predicted octanol–water partition coefficient (Wildman–Crippen LogP) is 1.92. The van der Waals surface area contributed by atoms with Crippen LogP contribution in [0.4, 0.5) is 4.39 Å². The van der Waals surface area contributed by atoms with Crippen LogP contribution >= 0.6 is 0 Å². The van der Waals surface area contributed by atoms with Crippen molar-refractivity contribution in [3.63, 3.8) is 0 Å². The Morgan fingerprint density at radius 2 is 1.72 bits per heavy atom. The average Bonchev–Trinajstić information content (AvgIpc) is 2.41. The van der Waals surface area contributed by atoms with Gasteiger partial charge in [-0.15, -0.1) is 5.10 Å². The van der Waals surface area contributed by atoms with E-state index in [4.69, 9.17) is 0 Å². The van der Waals surface area contributed by atoms with E-state index in [1.54, 1.807) is 24.3 Å². The Hall–Kier alpha value is -2.56. The lowest BCUT2D eigenvalue weighted by Crippen LogP contribution is -2.22. The van der Waals surface area contributed by atoms with Crippen LogP contribution in [0.5, 0.6) is 0 Å². The molecule has 0 atom stereocenters. The lowest BCUT2D eigenvalue weighted by atomic mass is 10.2. The van der Waals surface area contributed by atoms with E-state index < -0.39 is 0 Å². The van der Waals surface area contributed by atoms with Crippen molar-refractivity contribution >= 4 is 10.9 Å². The molecular formula is C13H8FN3O. The van der Waals surface area contributed by atoms with Gasteiger partial charge < -0.3 is 0 Å². The third kappa shape index (κ3) is 1.66. The van der Waals surface area contributed by atoms with Crippen molar-refractivity contribution in [1.29, 1.82) is 0 Å². The first-order chi connectivity index (χ1) is 8.75. The number of fused-ring (bicyclic) bond motifs is 1. The highest BCUT2D eigenvalue weighted by Gasteiger charge is 2.06. The molecule has 0 aliphatic heterocycles. The third-order valence-electron chi connectivity index (χ3n) is 2.64. The van der Waals surface area contributed by atoms with E-state index in [0.29, 0.717) is 16.6 Å². The SMILES string of the molecule is O=c1c2ccccc2nnn1-c1ccc(F)cc1. The van der Waals surface area contributed by atoms with Crippen molar-refractivity contribution in [2.24, 2.45) is 0 Å². The van der Waals surface area contributed by atoms with E-state index in [1.165, 1.54) is 24.3 Å². The van der Waals surface area contributed by atoms with Crippen LogP contribution in [0, 0.1) is 5.82 Å². The van der Waals surface area contributed by atoms with E-state index >= 15 is 0 Å². The standard InChI is InChI=1S/C13H8FN3O/c14-9-5-7-10(8-6-9)17-13(18)11-3-1-2-4-12(11)15-16-17/h1-8H. The number of hydrogen-bond acceptors (Lipinski definition) is 3. The molecular weight excluding hydrogens is 233 g/mol. The van der Waals surface area contributed by atoms with E-state index in [-0.39, 0.29) is 11.4 Å². The van der Waals surface area contributed by atoms with E-state index in [0.717, 1.165) is 4.68 Å². The first-order valence-electron chi connectivity index (χ1n) is 5.36. The molecule has 0 aliphatic rings. The van der Waals surface area contributed by atoms with Gasteiger partial charge in [-0.2, -0.15) is 4.68 Å². The third-order valence-corrected chi connectivity index (χ3v) is 2.64. The van der Waals surface area contributed by atoms with Gasteiger partial charge in [0.1, 0.15) is 11.3 Å². The molecule has 0 aliphatic carbocycles. The maximum Gasteiger partial charge on any atom is 0.282 e. The first kappa shape index (κ1) is 10.6. The van der Waals surface area contributed by atoms with Crippen LogP contribution in [0.2, 0.25) is 0 Å². The van der Waals surface area contributed by atoms with Gasteiger partial charge in [0, 0.05) is 0 Å². The Labute approximate surface area is 101 Å². The average molecular weight is 241 g/mol. The normalized spacial score (nSPS) is 10.7. The maximum absolute atomic E-state index is 12.8. The molecule has 0 unspecified atom stereocenters. The summed E-state index contributed by atoms with van der Waals surface area (Å²) < 4.78 is 14.0. The number of rotatable bonds is 1. The summed E-state index contributed by atoms with van der Waals surface area (Å²) in [4.78, 5) is 12.2. The molecule has 0 radical (unpaired) electrons. The minimum atomic E-state index is -0.361. The summed E-state index contributed by atoms with van der Waals surface area (Å²) in [6.07, 6.45) is 0. The van der Waals surface area contributed by atoms with Crippen molar-refractivity contribution < 1.29 is 4.39 Å². The van der Waals surface area contributed by atoms with Crippen molar-refractivity contribution in [2.75, 3.05) is 0 Å². The lowest BCUT2D eigenvalue weighted by Gasteiger charge is -2.04. The van der Waals surface area contributed by atoms with Gasteiger partial charge >= 0.3 is 0 Å². The molecule has 0 fully saturated rings. The van der Waals surface area contributed by atoms with Crippen LogP contribution in [0.25, 0.3) is 16.6 Å². The Kier molecular flexibility index (Phi) is 2.37. The highest BCUT2D eigenvalue weighted by molar-refractivity contribution is 5.76. The Morgan fingerprint density at radius 3 is 2.50 bits per heavy atom. The van der Waals surface area contributed by atoms with Gasteiger partial charge in [0.15, 0.2) is 0 Å². The zero-order valence-corrected chi connectivity index (χ0v) is 9.25. The van der Waals surface area contributed by atoms with Crippen LogP contribution in [0.3, 0.4) is 0 Å². The molecule has 5 heteroatoms. The fourth-order valence-corrected chi connectivity index (χ4v) is 1.74. The molecule has 0 saturated carbocycles. The summed E-state index contributed by atoms with van der Waals surface area (Å²) in [7, 11) is 0. The Morgan fingerprint density at radius 1 is 1.00 bits per heavy atom. The second kappa shape index (κ2) is 4.03. The van der Waals surface area contributed by atoms with Crippen LogP contribution < -0.4 is 5.56 Å². The van der Waals surface area contributed by atoms with Gasteiger partial charge in [0.2, 0.25) is 0 Å². The lowest BCUT2D eigenvalue weighted by molar-refractivity contribution is 0.626. The topological polar surface area (TPSA) is 47.8 Å². The number of benzene rings is 2. The highest BCUT2D eigenvalue weighted by Crippen LogP contribution is 2.08. The van der Waals surface area contributed by atoms with E-state index in [2.05, 4.69) is 10.3 Å². The van der Waals surface area contributed by atoms with Gasteiger partial charge in [-0.25, -0.2) is 4.39 Å². The molecule has 4 nitrogen and oxygen atoms in total. The summed E-state index contributed by atoms with van der Waals surface area (Å²) in [5.74, 6) is -0.361. The van der Waals surface area contributed by atoms with E-state index in [9.17, 15) is 9.18 Å². The van der Waals surface area contributed by atoms with Crippen molar-refractivity contribution in [2.45, 2.75) is 0 Å². The maximum atomic E-state index is 12.8. The van der Waals surface area contributed by atoms with Gasteiger partial charge in [-0.05, 0) is 36.4 Å². The van der Waals surface area contributed by atoms with E-state index in [1.807, 2.05) is 0 Å². The molecule has 88 valence electrons. The number of aromatic nitrogens is 3. The highest BCUT2D eigenvalue weighted by atomic mass is 19.1. The molecule has 0 N–H and O–H groups in total. The molecule has 18 heavy (non-hydrogen) atoms. The summed E-state index contributed by atoms with van der Waals surface area (Å²) in [6, 6.07) is 12.5. The zero-order valence-electron chi connectivity index (χ0n) is 9.25. The summed E-state index contributed by atoms with van der Waals surface area (Å²) in [6.45, 7) is 0. The Bertz CT molecular complexity index is 765. The summed E-state index contributed by atoms with van der Waals surface area (Å²) in [5.41, 5.74) is 0.757. The summed E-state index contributed by atoms with van der Waals surface area (Å²) in [5, 5.41) is 8.28. The summed E-state index contributed by atoms with van der Waals surface area (Å²) >= 11 is 0. The molecule has 3 aromatic rings. The van der Waals surface area contributed by atoms with Crippen molar-refractivity contribution in [1.82, 2.24) is 15.0 Å². The molecule has 1 aromatic heterocycles. The molecule has 2 aromatic carbocycles. The fourth-order valence-electron chi connectivity index (χ4n) is 1.74. The Balaban J connectivity index is 2.27. The number of halogens is 1.